The molecule has 0 saturated heterocycles. The average molecular weight is 1330 g/mol. The fourth-order valence-corrected chi connectivity index (χ4v) is 13.8. The first-order chi connectivity index (χ1) is 51.1. The lowest BCUT2D eigenvalue weighted by molar-refractivity contribution is 1.18. The summed E-state index contributed by atoms with van der Waals surface area (Å²) in [6, 6.07) is 118. The molecule has 6 heterocycles. The van der Waals surface area contributed by atoms with E-state index in [1.165, 1.54) is 27.8 Å². The van der Waals surface area contributed by atoms with Gasteiger partial charge in [0.05, 0.1) is 56.2 Å². The predicted molar refractivity (Wildman–Crippen MR) is 429 cm³/mol. The molecule has 0 atom stereocenters. The normalized spacial score (nSPS) is 11.3. The van der Waals surface area contributed by atoms with Crippen LogP contribution in [-0.2, 0) is 0 Å². The van der Waals surface area contributed by atoms with Gasteiger partial charge in [-0.2, -0.15) is 0 Å². The van der Waals surface area contributed by atoms with Crippen molar-refractivity contribution in [1.82, 2.24) is 39.9 Å². The molecule has 18 rings (SSSR count). The molecular weight excluding hydrogens is 1270 g/mol. The summed E-state index contributed by atoms with van der Waals surface area (Å²) < 4.78 is 0. The number of rotatable bonds is 12. The van der Waals surface area contributed by atoms with Gasteiger partial charge in [-0.05, 0) is 132 Å². The van der Waals surface area contributed by atoms with Crippen LogP contribution in [0.1, 0.15) is 22.5 Å². The summed E-state index contributed by atoms with van der Waals surface area (Å²) in [7, 11) is 0. The first-order valence-electron chi connectivity index (χ1n) is 35.1. The van der Waals surface area contributed by atoms with Gasteiger partial charge in [-0.1, -0.05) is 291 Å². The number of fused-ring (bicyclic) bond motifs is 6. The van der Waals surface area contributed by atoms with Crippen LogP contribution < -0.4 is 0 Å². The van der Waals surface area contributed by atoms with E-state index in [4.69, 9.17) is 39.9 Å². The van der Waals surface area contributed by atoms with Crippen LogP contribution in [0.25, 0.3) is 178 Å². The van der Waals surface area contributed by atoms with E-state index in [0.717, 1.165) is 161 Å². The SMILES string of the molecule is Cc1ccc2ccc3c(C)cc(-c4cccc(-c5ccc(-c6cc(-c7ccc(-c8ccccc8)cc7)nc(-c7ccccc7)n6)cc5)c4)nc3c2n1.Cc1ccc2ccc3c(C)cc(-c4cccc(-c5ccc(-c6cc(-c7ccccc7)nc(-c7ccc(-c8ccccc8)cc7)n6)cc5)c4)nc3c2n1. The molecule has 8 nitrogen and oxygen atoms in total. The summed E-state index contributed by atoms with van der Waals surface area (Å²) in [4.78, 5) is 40.3. The molecule has 0 radical (unpaired) electrons. The highest BCUT2D eigenvalue weighted by atomic mass is 14.9. The van der Waals surface area contributed by atoms with Crippen molar-refractivity contribution >= 4 is 43.6 Å². The molecule has 0 spiro atoms. The first kappa shape index (κ1) is 63.9. The van der Waals surface area contributed by atoms with Crippen molar-refractivity contribution in [1.29, 1.82) is 0 Å². The molecule has 0 saturated carbocycles. The van der Waals surface area contributed by atoms with Crippen LogP contribution in [0, 0.1) is 27.7 Å². The quantitative estimate of drug-likeness (QED) is 0.111. The van der Waals surface area contributed by atoms with Gasteiger partial charge in [0, 0.05) is 77.4 Å². The molecule has 492 valence electrons. The van der Waals surface area contributed by atoms with E-state index in [2.05, 4.69) is 305 Å². The third-order valence-corrected chi connectivity index (χ3v) is 19.4. The highest BCUT2D eigenvalue weighted by Crippen LogP contribution is 2.38. The van der Waals surface area contributed by atoms with Crippen LogP contribution in [0.4, 0.5) is 0 Å². The van der Waals surface area contributed by atoms with Gasteiger partial charge in [0.15, 0.2) is 11.6 Å². The lowest BCUT2D eigenvalue weighted by atomic mass is 9.98. The maximum atomic E-state index is 5.17. The molecule has 0 N–H and O–H groups in total. The summed E-state index contributed by atoms with van der Waals surface area (Å²) in [6.07, 6.45) is 0. The zero-order valence-corrected chi connectivity index (χ0v) is 57.9. The van der Waals surface area contributed by atoms with Crippen molar-refractivity contribution in [2.24, 2.45) is 0 Å². The number of benzene rings is 12. The van der Waals surface area contributed by atoms with Crippen molar-refractivity contribution < 1.29 is 0 Å². The van der Waals surface area contributed by atoms with Crippen LogP contribution in [0.3, 0.4) is 0 Å². The smallest absolute Gasteiger partial charge is 0.160 e. The largest absolute Gasteiger partial charge is 0.251 e. The average Bonchev–Trinajstić information content (AvgIpc) is 0.778. The Kier molecular flexibility index (Phi) is 17.1. The predicted octanol–water partition coefficient (Wildman–Crippen LogP) is 24.4. The van der Waals surface area contributed by atoms with E-state index in [0.29, 0.717) is 11.6 Å². The lowest BCUT2D eigenvalue weighted by Crippen LogP contribution is -1.96. The van der Waals surface area contributed by atoms with Crippen LogP contribution in [-0.4, -0.2) is 39.9 Å². The molecule has 8 heteroatoms. The van der Waals surface area contributed by atoms with Gasteiger partial charge in [-0.15, -0.1) is 0 Å². The zero-order chi connectivity index (χ0) is 70.0. The van der Waals surface area contributed by atoms with Gasteiger partial charge in [0.25, 0.3) is 0 Å². The highest BCUT2D eigenvalue weighted by molar-refractivity contribution is 6.06. The van der Waals surface area contributed by atoms with Crippen LogP contribution in [0.2, 0.25) is 0 Å². The molecule has 6 aromatic heterocycles. The molecule has 12 aromatic carbocycles. The van der Waals surface area contributed by atoms with Crippen molar-refractivity contribution in [3.8, 4) is 135 Å². The molecular formula is C96H68N8. The fourth-order valence-electron chi connectivity index (χ4n) is 13.8. The van der Waals surface area contributed by atoms with E-state index in [-0.39, 0.29) is 0 Å². The number of nitrogens with zero attached hydrogens (tertiary/aromatic N) is 8. The van der Waals surface area contributed by atoms with Crippen molar-refractivity contribution in [2.45, 2.75) is 27.7 Å². The Bertz CT molecular complexity index is 5820. The minimum absolute atomic E-state index is 0.698. The van der Waals surface area contributed by atoms with E-state index >= 15 is 0 Å². The highest BCUT2D eigenvalue weighted by Gasteiger charge is 2.18. The molecule has 104 heavy (non-hydrogen) atoms. The molecule has 0 aliphatic rings. The molecule has 0 fully saturated rings. The molecule has 0 amide bonds. The van der Waals surface area contributed by atoms with E-state index in [1.54, 1.807) is 0 Å². The Morgan fingerprint density at radius 3 is 0.798 bits per heavy atom. The topological polar surface area (TPSA) is 103 Å². The second-order valence-corrected chi connectivity index (χ2v) is 26.5. The Balaban J connectivity index is 0.000000154. The summed E-state index contributed by atoms with van der Waals surface area (Å²) in [5.74, 6) is 1.40. The zero-order valence-electron chi connectivity index (χ0n) is 57.9. The van der Waals surface area contributed by atoms with Crippen LogP contribution in [0.15, 0.2) is 340 Å². The first-order valence-corrected chi connectivity index (χ1v) is 35.1. The minimum Gasteiger partial charge on any atom is -0.251 e. The van der Waals surface area contributed by atoms with E-state index < -0.39 is 0 Å². The Morgan fingerprint density at radius 2 is 0.423 bits per heavy atom. The van der Waals surface area contributed by atoms with Crippen LogP contribution in [0.5, 0.6) is 0 Å². The van der Waals surface area contributed by atoms with Crippen LogP contribution >= 0.6 is 0 Å². The third-order valence-electron chi connectivity index (χ3n) is 19.4. The Morgan fingerprint density at radius 1 is 0.163 bits per heavy atom. The monoisotopic (exact) mass is 1330 g/mol. The second-order valence-electron chi connectivity index (χ2n) is 26.5. The van der Waals surface area contributed by atoms with Gasteiger partial charge >= 0.3 is 0 Å². The van der Waals surface area contributed by atoms with Gasteiger partial charge in [-0.3, -0.25) is 9.97 Å². The van der Waals surface area contributed by atoms with Crippen molar-refractivity contribution in [3.05, 3.63) is 362 Å². The molecule has 18 aromatic rings. The van der Waals surface area contributed by atoms with Crippen molar-refractivity contribution in [2.75, 3.05) is 0 Å². The molecule has 0 aliphatic heterocycles. The van der Waals surface area contributed by atoms with Gasteiger partial charge in [0.1, 0.15) is 0 Å². The number of aryl methyl sites for hydroxylation is 4. The van der Waals surface area contributed by atoms with E-state index in [1.807, 2.05) is 62.4 Å². The van der Waals surface area contributed by atoms with Gasteiger partial charge < -0.3 is 0 Å². The maximum absolute atomic E-state index is 5.17. The molecule has 0 aliphatic carbocycles. The Hall–Kier alpha value is -13.6. The summed E-state index contributed by atoms with van der Waals surface area (Å²) >= 11 is 0. The van der Waals surface area contributed by atoms with E-state index in [9.17, 15) is 0 Å². The molecule has 0 unspecified atom stereocenters. The van der Waals surface area contributed by atoms with Gasteiger partial charge in [0.2, 0.25) is 0 Å². The number of aromatic nitrogens is 8. The Labute approximate surface area is 604 Å². The summed E-state index contributed by atoms with van der Waals surface area (Å²) in [6.45, 7) is 8.36. The summed E-state index contributed by atoms with van der Waals surface area (Å²) in [5, 5.41) is 4.47. The van der Waals surface area contributed by atoms with Gasteiger partial charge in [-0.25, -0.2) is 29.9 Å². The standard InChI is InChI=1S/2C48H34N4/c1-31-28-43(50-47-42(31)27-26-38-17-16-32(2)49-46(38)47)41-15-9-14-40(29-41)35-18-22-37(23-19-35)45-30-44(36-12-7-4-8-13-36)51-48(52-45)39-24-20-34(21-25-39)33-10-5-3-6-11-33;1-31-28-43(50-47-42(31)27-26-38-17-16-32(2)49-46(38)47)41-15-9-14-40(29-41)35-20-24-37(25-21-35)45-30-44(51-48(52-45)39-12-7-4-8-13-39)36-22-18-34(19-23-36)33-10-5-3-6-11-33/h2*3-30H,1-2H3. The number of hydrogen-bond acceptors (Lipinski definition) is 8. The fraction of sp³-hybridized carbons (Fsp3) is 0.0417. The number of pyridine rings is 4. The maximum Gasteiger partial charge on any atom is 0.160 e. The summed E-state index contributed by atoms with van der Waals surface area (Å²) in [5.41, 5.74) is 31.0. The van der Waals surface area contributed by atoms with Crippen molar-refractivity contribution in [3.63, 3.8) is 0 Å². The molecule has 0 bridgehead atoms. The minimum atomic E-state index is 0.698. The second kappa shape index (κ2) is 27.9. The third kappa shape index (κ3) is 13.2. The number of hydrogen-bond donors (Lipinski definition) is 0. The lowest BCUT2D eigenvalue weighted by Gasteiger charge is -2.12.